The first-order valence-electron chi connectivity index (χ1n) is 9.48. The molecule has 5 heteroatoms. The normalized spacial score (nSPS) is 12.1. The van der Waals surface area contributed by atoms with Gasteiger partial charge in [0.2, 0.25) is 0 Å². The van der Waals surface area contributed by atoms with Crippen LogP contribution in [0.25, 0.3) is 0 Å². The Hall–Kier alpha value is -1.23. The predicted molar refractivity (Wildman–Crippen MR) is 121 cm³/mol. The van der Waals surface area contributed by atoms with Crippen molar-refractivity contribution in [1.82, 2.24) is 5.32 Å². The second-order valence-electron chi connectivity index (χ2n) is 8.98. The SMILES string of the molecule is COc1cc(CNC(C)(C)CC(C)(C)C)c(Br)cc1OCc1ccc(Cl)cc1. The molecule has 0 aliphatic carbocycles. The number of rotatable bonds is 8. The van der Waals surface area contributed by atoms with Gasteiger partial charge in [-0.25, -0.2) is 0 Å². The predicted octanol–water partition coefficient (Wildman–Crippen LogP) is 6.99. The fourth-order valence-electron chi connectivity index (χ4n) is 3.45. The molecule has 0 spiro atoms. The number of ether oxygens (including phenoxy) is 2. The molecule has 1 N–H and O–H groups in total. The maximum Gasteiger partial charge on any atom is 0.162 e. The number of methoxy groups -OCH3 is 1. The summed E-state index contributed by atoms with van der Waals surface area (Å²) in [6.45, 7) is 12.5. The molecule has 0 atom stereocenters. The topological polar surface area (TPSA) is 30.5 Å². The van der Waals surface area contributed by atoms with E-state index in [1.807, 2.05) is 36.4 Å². The molecule has 0 bridgehead atoms. The number of halogens is 2. The number of nitrogens with one attached hydrogen (secondary N) is 1. The minimum Gasteiger partial charge on any atom is -0.493 e. The third kappa shape index (κ3) is 7.31. The Labute approximate surface area is 182 Å². The summed E-state index contributed by atoms with van der Waals surface area (Å²) >= 11 is 9.62. The van der Waals surface area contributed by atoms with E-state index in [1.54, 1.807) is 7.11 Å². The third-order valence-corrected chi connectivity index (χ3v) is 5.36. The van der Waals surface area contributed by atoms with E-state index < -0.39 is 0 Å². The molecule has 0 aliphatic rings. The van der Waals surface area contributed by atoms with Crippen LogP contribution in [0, 0.1) is 5.41 Å². The molecular weight excluding hydrogens is 438 g/mol. The van der Waals surface area contributed by atoms with Crippen LogP contribution in [-0.4, -0.2) is 12.6 Å². The fourth-order valence-corrected chi connectivity index (χ4v) is 4.04. The summed E-state index contributed by atoms with van der Waals surface area (Å²) in [4.78, 5) is 0. The Bertz CT molecular complexity index is 782. The lowest BCUT2D eigenvalue weighted by Gasteiger charge is -2.33. The van der Waals surface area contributed by atoms with Gasteiger partial charge >= 0.3 is 0 Å². The van der Waals surface area contributed by atoms with E-state index in [0.717, 1.165) is 39.3 Å². The molecule has 0 unspecified atom stereocenters. The number of benzene rings is 2. The average Bonchev–Trinajstić information content (AvgIpc) is 2.58. The Balaban J connectivity index is 2.08. The van der Waals surface area contributed by atoms with E-state index in [2.05, 4.69) is 55.9 Å². The summed E-state index contributed by atoms with van der Waals surface area (Å²) in [6.07, 6.45) is 1.08. The Morgan fingerprint density at radius 1 is 1.00 bits per heavy atom. The quantitative estimate of drug-likeness (QED) is 0.452. The van der Waals surface area contributed by atoms with Crippen LogP contribution in [0.15, 0.2) is 40.9 Å². The zero-order valence-corrected chi connectivity index (χ0v) is 20.0. The first kappa shape index (κ1) is 23.1. The smallest absolute Gasteiger partial charge is 0.162 e. The molecule has 154 valence electrons. The average molecular weight is 469 g/mol. The van der Waals surface area contributed by atoms with Crippen molar-refractivity contribution >= 4 is 27.5 Å². The van der Waals surface area contributed by atoms with Gasteiger partial charge in [0, 0.05) is 21.6 Å². The largest absolute Gasteiger partial charge is 0.493 e. The van der Waals surface area contributed by atoms with Crippen molar-refractivity contribution in [2.24, 2.45) is 5.41 Å². The summed E-state index contributed by atoms with van der Waals surface area (Å²) in [7, 11) is 1.67. The second kappa shape index (κ2) is 9.51. The van der Waals surface area contributed by atoms with Gasteiger partial charge in [-0.05, 0) is 61.1 Å². The van der Waals surface area contributed by atoms with Gasteiger partial charge in [-0.15, -0.1) is 0 Å². The Morgan fingerprint density at radius 2 is 1.64 bits per heavy atom. The minimum atomic E-state index is 0.0364. The maximum atomic E-state index is 5.98. The molecule has 2 rings (SSSR count). The number of hydrogen-bond acceptors (Lipinski definition) is 3. The van der Waals surface area contributed by atoms with Gasteiger partial charge in [0.1, 0.15) is 6.61 Å². The van der Waals surface area contributed by atoms with Crippen molar-refractivity contribution in [1.29, 1.82) is 0 Å². The van der Waals surface area contributed by atoms with E-state index in [4.69, 9.17) is 21.1 Å². The first-order valence-corrected chi connectivity index (χ1v) is 10.6. The third-order valence-electron chi connectivity index (χ3n) is 4.37. The first-order chi connectivity index (χ1) is 13.0. The molecule has 0 saturated heterocycles. The summed E-state index contributed by atoms with van der Waals surface area (Å²) in [5, 5.41) is 4.39. The molecule has 0 fully saturated rings. The highest BCUT2D eigenvalue weighted by Gasteiger charge is 2.25. The summed E-state index contributed by atoms with van der Waals surface area (Å²) in [5.74, 6) is 1.43. The van der Waals surface area contributed by atoms with Gasteiger partial charge in [0.05, 0.1) is 7.11 Å². The van der Waals surface area contributed by atoms with Crippen molar-refractivity contribution in [3.8, 4) is 11.5 Å². The van der Waals surface area contributed by atoms with Gasteiger partial charge in [-0.3, -0.25) is 0 Å². The molecule has 28 heavy (non-hydrogen) atoms. The van der Waals surface area contributed by atoms with Crippen LogP contribution in [0.1, 0.15) is 52.2 Å². The van der Waals surface area contributed by atoms with Crippen LogP contribution in [0.5, 0.6) is 11.5 Å². The van der Waals surface area contributed by atoms with E-state index >= 15 is 0 Å². The Morgan fingerprint density at radius 3 is 2.21 bits per heavy atom. The highest BCUT2D eigenvalue weighted by Crippen LogP contribution is 2.35. The van der Waals surface area contributed by atoms with Crippen molar-refractivity contribution in [3.05, 3.63) is 57.0 Å². The van der Waals surface area contributed by atoms with E-state index in [0.29, 0.717) is 12.4 Å². The minimum absolute atomic E-state index is 0.0364. The Kier molecular flexibility index (Phi) is 7.83. The molecule has 2 aromatic carbocycles. The van der Waals surface area contributed by atoms with Gasteiger partial charge in [-0.1, -0.05) is 60.4 Å². The van der Waals surface area contributed by atoms with Crippen molar-refractivity contribution in [3.63, 3.8) is 0 Å². The molecule has 0 amide bonds. The van der Waals surface area contributed by atoms with Crippen molar-refractivity contribution < 1.29 is 9.47 Å². The lowest BCUT2D eigenvalue weighted by atomic mass is 9.82. The molecular formula is C23H31BrClNO2. The van der Waals surface area contributed by atoms with Gasteiger partial charge < -0.3 is 14.8 Å². The molecule has 0 saturated carbocycles. The number of hydrogen-bond donors (Lipinski definition) is 1. The summed E-state index contributed by atoms with van der Waals surface area (Å²) in [5.41, 5.74) is 2.49. The molecule has 0 aliphatic heterocycles. The van der Waals surface area contributed by atoms with Crippen LogP contribution < -0.4 is 14.8 Å². The zero-order chi connectivity index (χ0) is 20.9. The maximum absolute atomic E-state index is 5.98. The van der Waals surface area contributed by atoms with Gasteiger partial charge in [0.15, 0.2) is 11.5 Å². The standard InChI is InChI=1S/C23H31BrClNO2/c1-22(2,3)15-23(4,5)26-13-17-11-20(27-6)21(12-19(17)24)28-14-16-7-9-18(25)10-8-16/h7-12,26H,13-15H2,1-6H3. The second-order valence-corrected chi connectivity index (χ2v) is 10.3. The fraction of sp³-hybridized carbons (Fsp3) is 0.478. The lowest BCUT2D eigenvalue weighted by molar-refractivity contribution is 0.240. The molecule has 3 nitrogen and oxygen atoms in total. The molecule has 0 radical (unpaired) electrons. The van der Waals surface area contributed by atoms with Crippen LogP contribution >= 0.6 is 27.5 Å². The van der Waals surface area contributed by atoms with E-state index in [9.17, 15) is 0 Å². The van der Waals surface area contributed by atoms with Crippen LogP contribution in [0.4, 0.5) is 0 Å². The highest BCUT2D eigenvalue weighted by atomic mass is 79.9. The van der Waals surface area contributed by atoms with Crippen LogP contribution in [-0.2, 0) is 13.2 Å². The molecule has 0 heterocycles. The van der Waals surface area contributed by atoms with E-state index in [-0.39, 0.29) is 11.0 Å². The van der Waals surface area contributed by atoms with E-state index in [1.165, 1.54) is 0 Å². The highest BCUT2D eigenvalue weighted by molar-refractivity contribution is 9.10. The van der Waals surface area contributed by atoms with Gasteiger partial charge in [-0.2, -0.15) is 0 Å². The zero-order valence-electron chi connectivity index (χ0n) is 17.7. The van der Waals surface area contributed by atoms with Gasteiger partial charge in [0.25, 0.3) is 0 Å². The monoisotopic (exact) mass is 467 g/mol. The lowest BCUT2D eigenvalue weighted by Crippen LogP contribution is -2.41. The summed E-state index contributed by atoms with van der Waals surface area (Å²) in [6, 6.07) is 11.6. The van der Waals surface area contributed by atoms with Crippen LogP contribution in [0.2, 0.25) is 5.02 Å². The van der Waals surface area contributed by atoms with Crippen molar-refractivity contribution in [2.75, 3.05) is 7.11 Å². The molecule has 2 aromatic rings. The summed E-state index contributed by atoms with van der Waals surface area (Å²) < 4.78 is 12.5. The molecule has 0 aromatic heterocycles. The van der Waals surface area contributed by atoms with Crippen molar-refractivity contribution in [2.45, 2.75) is 59.7 Å². The van der Waals surface area contributed by atoms with Crippen LogP contribution in [0.3, 0.4) is 0 Å².